The van der Waals surface area contributed by atoms with E-state index in [1.807, 2.05) is 13.8 Å². The van der Waals surface area contributed by atoms with Crippen LogP contribution >= 0.6 is 0 Å². The van der Waals surface area contributed by atoms with Gasteiger partial charge in [0.25, 0.3) is 0 Å². The summed E-state index contributed by atoms with van der Waals surface area (Å²) in [5.41, 5.74) is 1.38. The van der Waals surface area contributed by atoms with Crippen LogP contribution in [0.5, 0.6) is 0 Å². The molecule has 1 rings (SSSR count). The summed E-state index contributed by atoms with van der Waals surface area (Å²) in [5, 5.41) is 18.3. The minimum Gasteiger partial charge on any atom is -0.478 e. The van der Waals surface area contributed by atoms with Gasteiger partial charge >= 0.3 is 11.9 Å². The molecule has 0 aliphatic rings. The van der Waals surface area contributed by atoms with E-state index >= 15 is 0 Å². The first-order valence-electron chi connectivity index (χ1n) is 5.64. The van der Waals surface area contributed by atoms with Crippen molar-refractivity contribution in [2.75, 3.05) is 0 Å². The SMILES string of the molecule is CCCc1c(C(=O)O)ccc(CC)c1C(=O)O. The highest BCUT2D eigenvalue weighted by atomic mass is 16.4. The van der Waals surface area contributed by atoms with E-state index in [9.17, 15) is 14.7 Å². The van der Waals surface area contributed by atoms with Crippen LogP contribution in [-0.2, 0) is 12.8 Å². The summed E-state index contributed by atoms with van der Waals surface area (Å²) < 4.78 is 0. The number of rotatable bonds is 5. The van der Waals surface area contributed by atoms with E-state index in [-0.39, 0.29) is 11.1 Å². The second-order valence-electron chi connectivity index (χ2n) is 3.84. The Bertz CT molecular complexity index is 449. The molecule has 4 nitrogen and oxygen atoms in total. The summed E-state index contributed by atoms with van der Waals surface area (Å²) in [7, 11) is 0. The van der Waals surface area contributed by atoms with Gasteiger partial charge in [-0.1, -0.05) is 26.3 Å². The molecular formula is C13H16O4. The van der Waals surface area contributed by atoms with Crippen molar-refractivity contribution < 1.29 is 19.8 Å². The van der Waals surface area contributed by atoms with Crippen molar-refractivity contribution in [2.45, 2.75) is 33.1 Å². The molecule has 0 fully saturated rings. The third-order valence-electron chi connectivity index (χ3n) is 2.72. The van der Waals surface area contributed by atoms with Crippen molar-refractivity contribution >= 4 is 11.9 Å². The van der Waals surface area contributed by atoms with Gasteiger partial charge in [0.15, 0.2) is 0 Å². The van der Waals surface area contributed by atoms with Gasteiger partial charge in [0.1, 0.15) is 0 Å². The van der Waals surface area contributed by atoms with Gasteiger partial charge in [0.2, 0.25) is 0 Å². The molecule has 0 aromatic heterocycles. The molecule has 0 bridgehead atoms. The normalized spacial score (nSPS) is 10.2. The second-order valence-corrected chi connectivity index (χ2v) is 3.84. The van der Waals surface area contributed by atoms with Gasteiger partial charge in [0, 0.05) is 0 Å². The van der Waals surface area contributed by atoms with Crippen LogP contribution < -0.4 is 0 Å². The molecule has 92 valence electrons. The van der Waals surface area contributed by atoms with Gasteiger partial charge in [-0.05, 0) is 30.0 Å². The van der Waals surface area contributed by atoms with Gasteiger partial charge in [-0.2, -0.15) is 0 Å². The van der Waals surface area contributed by atoms with Crippen molar-refractivity contribution in [1.29, 1.82) is 0 Å². The van der Waals surface area contributed by atoms with Gasteiger partial charge in [-0.3, -0.25) is 0 Å². The fraction of sp³-hybridized carbons (Fsp3) is 0.385. The molecule has 4 heteroatoms. The van der Waals surface area contributed by atoms with Crippen LogP contribution in [0.3, 0.4) is 0 Å². The van der Waals surface area contributed by atoms with Crippen LogP contribution in [0.25, 0.3) is 0 Å². The number of carboxylic acid groups (broad SMARTS) is 2. The van der Waals surface area contributed by atoms with Crippen molar-refractivity contribution in [3.8, 4) is 0 Å². The number of carboxylic acids is 2. The van der Waals surface area contributed by atoms with Crippen LogP contribution in [0.2, 0.25) is 0 Å². The molecule has 0 aliphatic heterocycles. The van der Waals surface area contributed by atoms with Crippen molar-refractivity contribution in [2.24, 2.45) is 0 Å². The smallest absolute Gasteiger partial charge is 0.336 e. The summed E-state index contributed by atoms with van der Waals surface area (Å²) in [6.07, 6.45) is 1.77. The lowest BCUT2D eigenvalue weighted by Gasteiger charge is -2.12. The van der Waals surface area contributed by atoms with Crippen LogP contribution in [0, 0.1) is 0 Å². The van der Waals surface area contributed by atoms with E-state index < -0.39 is 11.9 Å². The first-order valence-corrected chi connectivity index (χ1v) is 5.64. The Morgan fingerprint density at radius 2 is 1.76 bits per heavy atom. The maximum absolute atomic E-state index is 11.3. The molecule has 1 aromatic rings. The van der Waals surface area contributed by atoms with Gasteiger partial charge in [0.05, 0.1) is 11.1 Å². The Labute approximate surface area is 99.9 Å². The van der Waals surface area contributed by atoms with E-state index in [4.69, 9.17) is 5.11 Å². The van der Waals surface area contributed by atoms with Gasteiger partial charge < -0.3 is 10.2 Å². The first-order chi connectivity index (χ1) is 8.02. The van der Waals surface area contributed by atoms with Crippen LogP contribution in [0.4, 0.5) is 0 Å². The number of carbonyl (C=O) groups is 2. The minimum atomic E-state index is -1.07. The standard InChI is InChI=1S/C13H16O4/c1-3-5-9-10(12(14)15)7-6-8(4-2)11(9)13(16)17/h6-7H,3-5H2,1-2H3,(H,14,15)(H,16,17). The van der Waals surface area contributed by atoms with E-state index in [1.54, 1.807) is 6.07 Å². The Morgan fingerprint density at radius 3 is 2.18 bits per heavy atom. The maximum atomic E-state index is 11.3. The molecule has 0 aliphatic carbocycles. The average molecular weight is 236 g/mol. The number of aryl methyl sites for hydroxylation is 1. The highest BCUT2D eigenvalue weighted by molar-refractivity contribution is 5.97. The summed E-state index contributed by atoms with van der Waals surface area (Å²) in [4.78, 5) is 22.3. The van der Waals surface area contributed by atoms with Crippen molar-refractivity contribution in [3.63, 3.8) is 0 Å². The number of hydrogen-bond donors (Lipinski definition) is 2. The molecule has 1 aromatic carbocycles. The Hall–Kier alpha value is -1.84. The van der Waals surface area contributed by atoms with E-state index in [0.29, 0.717) is 30.4 Å². The van der Waals surface area contributed by atoms with Crippen LogP contribution in [-0.4, -0.2) is 22.2 Å². The molecule has 0 amide bonds. The fourth-order valence-corrected chi connectivity index (χ4v) is 1.97. The predicted octanol–water partition coefficient (Wildman–Crippen LogP) is 2.60. The third kappa shape index (κ3) is 2.64. The second kappa shape index (κ2) is 5.48. The quantitative estimate of drug-likeness (QED) is 0.824. The van der Waals surface area contributed by atoms with E-state index in [2.05, 4.69) is 0 Å². The van der Waals surface area contributed by atoms with Gasteiger partial charge in [-0.25, -0.2) is 9.59 Å². The summed E-state index contributed by atoms with van der Waals surface area (Å²) >= 11 is 0. The van der Waals surface area contributed by atoms with Gasteiger partial charge in [-0.15, -0.1) is 0 Å². The summed E-state index contributed by atoms with van der Waals surface area (Å²) in [6.45, 7) is 3.76. The summed E-state index contributed by atoms with van der Waals surface area (Å²) in [6, 6.07) is 3.09. The highest BCUT2D eigenvalue weighted by Crippen LogP contribution is 2.22. The molecule has 0 unspecified atom stereocenters. The Kier molecular flexibility index (Phi) is 4.26. The Balaban J connectivity index is 3.52. The lowest BCUT2D eigenvalue weighted by molar-refractivity contribution is 0.0694. The zero-order valence-corrected chi connectivity index (χ0v) is 9.99. The topological polar surface area (TPSA) is 74.6 Å². The number of benzene rings is 1. The molecular weight excluding hydrogens is 220 g/mol. The molecule has 0 heterocycles. The molecule has 0 saturated heterocycles. The van der Waals surface area contributed by atoms with Crippen molar-refractivity contribution in [1.82, 2.24) is 0 Å². The number of aromatic carboxylic acids is 2. The largest absolute Gasteiger partial charge is 0.478 e. The lowest BCUT2D eigenvalue weighted by atomic mass is 9.92. The molecule has 0 radical (unpaired) electrons. The van der Waals surface area contributed by atoms with E-state index in [1.165, 1.54) is 6.07 Å². The fourth-order valence-electron chi connectivity index (χ4n) is 1.97. The van der Waals surface area contributed by atoms with Crippen LogP contribution in [0.1, 0.15) is 52.1 Å². The molecule has 17 heavy (non-hydrogen) atoms. The maximum Gasteiger partial charge on any atom is 0.336 e. The minimum absolute atomic E-state index is 0.0986. The van der Waals surface area contributed by atoms with Crippen molar-refractivity contribution in [3.05, 3.63) is 34.4 Å². The monoisotopic (exact) mass is 236 g/mol. The highest BCUT2D eigenvalue weighted by Gasteiger charge is 2.20. The molecule has 2 N–H and O–H groups in total. The zero-order chi connectivity index (χ0) is 13.0. The summed E-state index contributed by atoms with van der Waals surface area (Å²) in [5.74, 6) is -2.12. The third-order valence-corrected chi connectivity index (χ3v) is 2.72. The molecule has 0 atom stereocenters. The van der Waals surface area contributed by atoms with Crippen LogP contribution in [0.15, 0.2) is 12.1 Å². The zero-order valence-electron chi connectivity index (χ0n) is 9.99. The average Bonchev–Trinajstić information content (AvgIpc) is 2.27. The number of hydrogen-bond acceptors (Lipinski definition) is 2. The first kappa shape index (κ1) is 13.2. The lowest BCUT2D eigenvalue weighted by Crippen LogP contribution is -2.12. The van der Waals surface area contributed by atoms with E-state index in [0.717, 1.165) is 0 Å². The Morgan fingerprint density at radius 1 is 1.12 bits per heavy atom. The molecule has 0 spiro atoms. The predicted molar refractivity (Wildman–Crippen MR) is 63.7 cm³/mol. The molecule has 0 saturated carbocycles.